The molecule has 4 aromatic rings. The number of nitrogens with two attached hydrogens (primary N) is 2. The lowest BCUT2D eigenvalue weighted by Crippen LogP contribution is -2.26. The minimum atomic E-state index is -3.81. The molecule has 0 bridgehead atoms. The molecule has 0 saturated carbocycles. The summed E-state index contributed by atoms with van der Waals surface area (Å²) in [6.07, 6.45) is 0. The Labute approximate surface area is 212 Å². The number of anilines is 2. The van der Waals surface area contributed by atoms with E-state index in [9.17, 15) is 16.8 Å². The molecule has 0 amide bonds. The number of aliphatic hydroxyl groups is 2. The normalized spacial score (nSPS) is 12.3. The van der Waals surface area contributed by atoms with Crippen molar-refractivity contribution in [3.05, 3.63) is 48.5 Å². The van der Waals surface area contributed by atoms with E-state index in [1.54, 1.807) is 0 Å². The molecule has 196 valence electrons. The van der Waals surface area contributed by atoms with Crippen molar-refractivity contribution in [2.45, 2.75) is 9.79 Å². The van der Waals surface area contributed by atoms with Crippen molar-refractivity contribution in [1.29, 1.82) is 0 Å². The Morgan fingerprint density at radius 1 is 0.784 bits per heavy atom. The van der Waals surface area contributed by atoms with Crippen molar-refractivity contribution in [2.24, 2.45) is 0 Å². The van der Waals surface area contributed by atoms with Gasteiger partial charge in [0.15, 0.2) is 5.65 Å². The molecule has 0 unspecified atom stereocenters. The van der Waals surface area contributed by atoms with Gasteiger partial charge in [0, 0.05) is 18.7 Å². The average molecular weight is 549 g/mol. The van der Waals surface area contributed by atoms with Crippen molar-refractivity contribution in [3.8, 4) is 16.9 Å². The maximum absolute atomic E-state index is 12.3. The Morgan fingerprint density at radius 2 is 1.30 bits per heavy atom. The smallest absolute Gasteiger partial charge is 0.240 e. The molecule has 14 nitrogen and oxygen atoms in total. The van der Waals surface area contributed by atoms with E-state index in [1.807, 2.05) is 0 Å². The first kappa shape index (κ1) is 26.4. The maximum atomic E-state index is 12.3. The molecular weight excluding hydrogens is 524 g/mol. The lowest BCUT2D eigenvalue weighted by Gasteiger charge is -2.07. The number of hydrogen-bond acceptors (Lipinski definition) is 11. The summed E-state index contributed by atoms with van der Waals surface area (Å²) in [7, 11) is -7.62. The van der Waals surface area contributed by atoms with Crippen LogP contribution in [0.15, 0.2) is 58.3 Å². The number of hydrogen-bond donors (Lipinski definition) is 6. The molecule has 0 aliphatic rings. The highest BCUT2D eigenvalue weighted by Crippen LogP contribution is 2.33. The Kier molecular flexibility index (Phi) is 7.39. The lowest BCUT2D eigenvalue weighted by atomic mass is 10.1. The van der Waals surface area contributed by atoms with Gasteiger partial charge in [-0.05, 0) is 36.4 Å². The molecule has 0 aliphatic heterocycles. The molecule has 2 heterocycles. The molecule has 4 rings (SSSR count). The molecule has 0 saturated heterocycles. The predicted molar refractivity (Wildman–Crippen MR) is 135 cm³/mol. The fourth-order valence-electron chi connectivity index (χ4n) is 3.53. The van der Waals surface area contributed by atoms with E-state index in [4.69, 9.17) is 21.7 Å². The van der Waals surface area contributed by atoms with Crippen molar-refractivity contribution in [3.63, 3.8) is 0 Å². The summed E-state index contributed by atoms with van der Waals surface area (Å²) in [5, 5.41) is 22.7. The highest BCUT2D eigenvalue weighted by atomic mass is 32.2. The number of aromatic nitrogens is 4. The van der Waals surface area contributed by atoms with Crippen LogP contribution in [0.1, 0.15) is 0 Å². The van der Waals surface area contributed by atoms with Gasteiger partial charge < -0.3 is 21.7 Å². The third-order valence-corrected chi connectivity index (χ3v) is 8.16. The zero-order valence-electron chi connectivity index (χ0n) is 19.2. The summed E-state index contributed by atoms with van der Waals surface area (Å²) in [5.74, 6) is -0.0426. The Morgan fingerprint density at radius 3 is 1.81 bits per heavy atom. The topological polar surface area (TPSA) is 228 Å². The van der Waals surface area contributed by atoms with Gasteiger partial charge in [-0.2, -0.15) is 15.1 Å². The number of fused-ring (bicyclic) bond motifs is 1. The van der Waals surface area contributed by atoms with E-state index in [2.05, 4.69) is 24.5 Å². The van der Waals surface area contributed by atoms with Gasteiger partial charge in [-0.3, -0.25) is 0 Å². The molecule has 2 aromatic heterocycles. The monoisotopic (exact) mass is 548 g/mol. The van der Waals surface area contributed by atoms with E-state index in [-0.39, 0.29) is 53.5 Å². The fraction of sp³-hybridized carbons (Fsp3) is 0.190. The Hall–Kier alpha value is -3.67. The van der Waals surface area contributed by atoms with Crippen LogP contribution >= 0.6 is 0 Å². The minimum Gasteiger partial charge on any atom is -0.395 e. The van der Waals surface area contributed by atoms with Gasteiger partial charge in [0.2, 0.25) is 26.0 Å². The second kappa shape index (κ2) is 10.4. The summed E-state index contributed by atoms with van der Waals surface area (Å²) in [6.45, 7) is -0.917. The van der Waals surface area contributed by atoms with Crippen molar-refractivity contribution >= 4 is 42.8 Å². The molecule has 0 radical (unpaired) electrons. The second-order valence-electron chi connectivity index (χ2n) is 7.69. The van der Waals surface area contributed by atoms with Crippen LogP contribution in [0.5, 0.6) is 0 Å². The molecule has 16 heteroatoms. The number of nitrogens with one attached hydrogen (secondary N) is 2. The highest BCUT2D eigenvalue weighted by molar-refractivity contribution is 7.89. The first-order chi connectivity index (χ1) is 17.6. The van der Waals surface area contributed by atoms with Gasteiger partial charge in [-0.1, -0.05) is 12.1 Å². The summed E-state index contributed by atoms with van der Waals surface area (Å²) < 4.78 is 55.3. The number of sulfonamides is 2. The zero-order valence-corrected chi connectivity index (χ0v) is 20.9. The quantitative estimate of drug-likeness (QED) is 0.143. The second-order valence-corrected chi connectivity index (χ2v) is 11.2. The van der Waals surface area contributed by atoms with E-state index < -0.39 is 20.0 Å². The number of nitrogens with zero attached hydrogens (tertiary/aromatic N) is 4. The summed E-state index contributed by atoms with van der Waals surface area (Å²) in [4.78, 5) is 8.26. The molecule has 0 fully saturated rings. The van der Waals surface area contributed by atoms with Crippen LogP contribution in [-0.2, 0) is 20.0 Å². The van der Waals surface area contributed by atoms with Crippen LogP contribution in [0.3, 0.4) is 0 Å². The van der Waals surface area contributed by atoms with Crippen LogP contribution in [0.4, 0.5) is 11.8 Å². The summed E-state index contributed by atoms with van der Waals surface area (Å²) in [6, 6.07) is 11.6. The van der Waals surface area contributed by atoms with E-state index in [0.717, 1.165) is 0 Å². The van der Waals surface area contributed by atoms with Crippen molar-refractivity contribution in [2.75, 3.05) is 37.8 Å². The minimum absolute atomic E-state index is 0.00601. The highest BCUT2D eigenvalue weighted by Gasteiger charge is 2.21. The molecule has 0 spiro atoms. The molecular formula is C21H24N8O6S2. The third kappa shape index (κ3) is 5.38. The number of aliphatic hydroxyl groups excluding tert-OH is 2. The van der Waals surface area contributed by atoms with Gasteiger partial charge >= 0.3 is 0 Å². The van der Waals surface area contributed by atoms with Gasteiger partial charge in [0.1, 0.15) is 11.5 Å². The fourth-order valence-corrected chi connectivity index (χ4v) is 5.57. The third-order valence-electron chi connectivity index (χ3n) is 5.21. The number of benzene rings is 2. The predicted octanol–water partition coefficient (Wildman–Crippen LogP) is -0.812. The van der Waals surface area contributed by atoms with Crippen LogP contribution in [0, 0.1) is 0 Å². The first-order valence-corrected chi connectivity index (χ1v) is 13.8. The summed E-state index contributed by atoms with van der Waals surface area (Å²) in [5.41, 5.74) is 13.5. The average Bonchev–Trinajstić information content (AvgIpc) is 3.26. The molecule has 0 atom stereocenters. The number of rotatable bonds is 10. The van der Waals surface area contributed by atoms with Crippen LogP contribution in [-0.4, -0.2) is 73.1 Å². The Balaban J connectivity index is 1.79. The van der Waals surface area contributed by atoms with E-state index in [1.165, 1.54) is 53.2 Å². The van der Waals surface area contributed by atoms with Gasteiger partial charge in [0.25, 0.3) is 0 Å². The maximum Gasteiger partial charge on any atom is 0.240 e. The van der Waals surface area contributed by atoms with Crippen LogP contribution < -0.4 is 20.9 Å². The Bertz CT molecular complexity index is 1640. The first-order valence-electron chi connectivity index (χ1n) is 10.8. The largest absolute Gasteiger partial charge is 0.395 e. The van der Waals surface area contributed by atoms with E-state index >= 15 is 0 Å². The van der Waals surface area contributed by atoms with Crippen LogP contribution in [0.25, 0.3) is 28.0 Å². The molecule has 2 aromatic carbocycles. The lowest BCUT2D eigenvalue weighted by molar-refractivity contribution is 0.300. The van der Waals surface area contributed by atoms with Gasteiger partial charge in [-0.15, -0.1) is 0 Å². The molecule has 0 aliphatic carbocycles. The van der Waals surface area contributed by atoms with Crippen molar-refractivity contribution in [1.82, 2.24) is 29.2 Å². The van der Waals surface area contributed by atoms with Gasteiger partial charge in [-0.25, -0.2) is 31.0 Å². The SMILES string of the molecule is Nc1nc(N)c2c(-c3ccc(S(=O)(=O)NCCO)cc3)nn(-c3ccc(S(=O)(=O)NCCO)cc3)c2n1. The van der Waals surface area contributed by atoms with Gasteiger partial charge in [0.05, 0.1) is 34.1 Å². The molecule has 37 heavy (non-hydrogen) atoms. The van der Waals surface area contributed by atoms with Crippen LogP contribution in [0.2, 0.25) is 0 Å². The number of nitrogen functional groups attached to an aromatic ring is 2. The standard InChI is InChI=1S/C21H24N8O6S2/c22-19-17-18(13-1-5-15(6-2-13)36(32,33)24-9-11-30)28-29(20(17)27-21(23)26-19)14-3-7-16(8-4-14)37(34,35)25-10-12-31/h1-8,24-25,30-31H,9-12H2,(H4,22,23,26,27). The molecule has 8 N–H and O–H groups in total. The van der Waals surface area contributed by atoms with E-state index in [0.29, 0.717) is 22.3 Å². The van der Waals surface area contributed by atoms with Crippen molar-refractivity contribution < 1.29 is 27.0 Å². The zero-order chi connectivity index (χ0) is 26.8. The summed E-state index contributed by atoms with van der Waals surface area (Å²) >= 11 is 0.